The predicted molar refractivity (Wildman–Crippen MR) is 76.2 cm³/mol. The van der Waals surface area contributed by atoms with Crippen molar-refractivity contribution in [1.82, 2.24) is 5.32 Å². The maximum absolute atomic E-state index is 12.2. The van der Waals surface area contributed by atoms with Crippen molar-refractivity contribution in [1.29, 1.82) is 0 Å². The summed E-state index contributed by atoms with van der Waals surface area (Å²) in [4.78, 5) is 35.6. The normalized spacial score (nSPS) is 21.0. The molecule has 1 rings (SSSR count). The molecule has 0 saturated carbocycles. The molecule has 1 aliphatic rings. The van der Waals surface area contributed by atoms with Crippen LogP contribution in [0.5, 0.6) is 0 Å². The summed E-state index contributed by atoms with van der Waals surface area (Å²) in [6.45, 7) is 6.89. The Hall–Kier alpha value is -2.11. The molecule has 6 nitrogen and oxygen atoms in total. The Bertz CT molecular complexity index is 492. The van der Waals surface area contributed by atoms with Crippen molar-refractivity contribution in [2.45, 2.75) is 33.7 Å². The van der Waals surface area contributed by atoms with E-state index in [1.54, 1.807) is 32.9 Å². The van der Waals surface area contributed by atoms with Crippen molar-refractivity contribution >= 4 is 17.8 Å². The van der Waals surface area contributed by atoms with E-state index < -0.39 is 18.0 Å². The second kappa shape index (κ2) is 7.61. The van der Waals surface area contributed by atoms with Crippen LogP contribution in [0.2, 0.25) is 0 Å². The van der Waals surface area contributed by atoms with Gasteiger partial charge in [0.05, 0.1) is 30.4 Å². The van der Waals surface area contributed by atoms with E-state index in [1.807, 2.05) is 0 Å². The first-order chi connectivity index (χ1) is 9.92. The summed E-state index contributed by atoms with van der Waals surface area (Å²) in [5, 5.41) is 2.63. The van der Waals surface area contributed by atoms with Gasteiger partial charge in [-0.3, -0.25) is 4.79 Å². The fraction of sp³-hybridized carbons (Fsp3) is 0.533. The predicted octanol–water partition coefficient (Wildman–Crippen LogP) is 1.12. The Kier molecular flexibility index (Phi) is 6.14. The highest BCUT2D eigenvalue weighted by atomic mass is 16.5. The zero-order valence-corrected chi connectivity index (χ0v) is 12.8. The highest BCUT2D eigenvalue weighted by Crippen LogP contribution is 2.27. The molecule has 0 bridgehead atoms. The van der Waals surface area contributed by atoms with Crippen molar-refractivity contribution in [2.24, 2.45) is 5.92 Å². The Labute approximate surface area is 124 Å². The lowest BCUT2D eigenvalue weighted by Gasteiger charge is -2.26. The van der Waals surface area contributed by atoms with Gasteiger partial charge in [0, 0.05) is 12.8 Å². The first kappa shape index (κ1) is 16.9. The van der Waals surface area contributed by atoms with E-state index in [4.69, 9.17) is 9.47 Å². The van der Waals surface area contributed by atoms with Gasteiger partial charge in [0.15, 0.2) is 0 Å². The molecular formula is C15H21NO5. The number of esters is 2. The molecule has 1 amide bonds. The van der Waals surface area contributed by atoms with Crippen molar-refractivity contribution < 1.29 is 23.9 Å². The van der Waals surface area contributed by atoms with E-state index >= 15 is 0 Å². The second-order valence-electron chi connectivity index (χ2n) is 4.62. The summed E-state index contributed by atoms with van der Waals surface area (Å²) in [7, 11) is 0. The van der Waals surface area contributed by atoms with E-state index in [-0.39, 0.29) is 36.2 Å². The Morgan fingerprint density at radius 1 is 1.05 bits per heavy atom. The molecule has 1 N–H and O–H groups in total. The number of hydrogen-bond donors (Lipinski definition) is 1. The number of hydrogen-bond acceptors (Lipinski definition) is 5. The van der Waals surface area contributed by atoms with E-state index in [0.29, 0.717) is 0 Å². The molecule has 0 radical (unpaired) electrons. The molecule has 0 aliphatic heterocycles. The Balaban J connectivity index is 3.28. The second-order valence-corrected chi connectivity index (χ2v) is 4.62. The maximum atomic E-state index is 12.2. The van der Waals surface area contributed by atoms with Gasteiger partial charge in [0.2, 0.25) is 5.91 Å². The first-order valence-corrected chi connectivity index (χ1v) is 6.96. The number of carbonyl (C=O) groups is 3. The molecule has 0 aromatic heterocycles. The van der Waals surface area contributed by atoms with E-state index in [2.05, 4.69) is 5.32 Å². The third kappa shape index (κ3) is 4.18. The minimum atomic E-state index is -0.683. The molecule has 21 heavy (non-hydrogen) atoms. The van der Waals surface area contributed by atoms with Gasteiger partial charge in [0.1, 0.15) is 0 Å². The zero-order chi connectivity index (χ0) is 16.0. The van der Waals surface area contributed by atoms with Crippen molar-refractivity contribution in [2.75, 3.05) is 13.2 Å². The lowest BCUT2D eigenvalue weighted by molar-refractivity contribution is -0.142. The van der Waals surface area contributed by atoms with E-state index in [9.17, 15) is 14.4 Å². The number of amides is 1. The summed E-state index contributed by atoms with van der Waals surface area (Å²) in [6, 6.07) is -0.683. The van der Waals surface area contributed by atoms with E-state index in [1.165, 1.54) is 6.92 Å². The van der Waals surface area contributed by atoms with Crippen LogP contribution in [-0.2, 0) is 23.9 Å². The molecule has 0 saturated heterocycles. The van der Waals surface area contributed by atoms with Gasteiger partial charge in [-0.05, 0) is 13.8 Å². The number of ether oxygens (including phenoxy) is 2. The maximum Gasteiger partial charge on any atom is 0.337 e. The fourth-order valence-corrected chi connectivity index (χ4v) is 2.17. The minimum Gasteiger partial charge on any atom is -0.463 e. The smallest absolute Gasteiger partial charge is 0.337 e. The average molecular weight is 295 g/mol. The van der Waals surface area contributed by atoms with Crippen LogP contribution in [0.3, 0.4) is 0 Å². The molecule has 2 atom stereocenters. The topological polar surface area (TPSA) is 81.7 Å². The highest BCUT2D eigenvalue weighted by molar-refractivity contribution is 6.03. The van der Waals surface area contributed by atoms with Crippen LogP contribution >= 0.6 is 0 Å². The molecule has 0 spiro atoms. The van der Waals surface area contributed by atoms with Gasteiger partial charge in [-0.25, -0.2) is 9.59 Å². The van der Waals surface area contributed by atoms with Crippen LogP contribution in [0, 0.1) is 5.92 Å². The standard InChI is InChI=1S/C15H21NO5/c1-5-20-14(18)12-9(3)7-8-11(16-10(4)17)13(12)15(19)21-6-2/h7-9,11H,5-6H2,1-4H3,(H,16,17)/t9-,11+/m0/s1. The van der Waals surface area contributed by atoms with Crippen LogP contribution in [0.4, 0.5) is 0 Å². The average Bonchev–Trinajstić information content (AvgIpc) is 2.40. The molecule has 6 heteroatoms. The molecule has 1 aliphatic carbocycles. The van der Waals surface area contributed by atoms with Crippen LogP contribution in [0.1, 0.15) is 27.7 Å². The van der Waals surface area contributed by atoms with Gasteiger partial charge in [-0.2, -0.15) is 0 Å². The molecule has 0 fully saturated rings. The summed E-state index contributed by atoms with van der Waals surface area (Å²) >= 11 is 0. The van der Waals surface area contributed by atoms with Gasteiger partial charge in [-0.15, -0.1) is 0 Å². The summed E-state index contributed by atoms with van der Waals surface area (Å²) in [5.74, 6) is -1.76. The Morgan fingerprint density at radius 2 is 1.57 bits per heavy atom. The Morgan fingerprint density at radius 3 is 2.05 bits per heavy atom. The number of nitrogens with one attached hydrogen (secondary N) is 1. The van der Waals surface area contributed by atoms with Gasteiger partial charge in [0.25, 0.3) is 0 Å². The summed E-state index contributed by atoms with van der Waals surface area (Å²) in [5.41, 5.74) is 0.372. The first-order valence-electron chi connectivity index (χ1n) is 6.96. The third-order valence-corrected chi connectivity index (χ3v) is 3.00. The van der Waals surface area contributed by atoms with Crippen LogP contribution in [-0.4, -0.2) is 37.1 Å². The molecule has 0 unspecified atom stereocenters. The molecule has 0 aromatic rings. The van der Waals surface area contributed by atoms with Crippen LogP contribution in [0.15, 0.2) is 23.3 Å². The number of allylic oxidation sites excluding steroid dienone is 1. The van der Waals surface area contributed by atoms with Crippen molar-refractivity contribution in [3.63, 3.8) is 0 Å². The summed E-state index contributed by atoms with van der Waals surface area (Å²) in [6.07, 6.45) is 3.44. The minimum absolute atomic E-state index is 0.139. The quantitative estimate of drug-likeness (QED) is 0.607. The lowest BCUT2D eigenvalue weighted by atomic mass is 9.86. The molecular weight excluding hydrogens is 274 g/mol. The zero-order valence-electron chi connectivity index (χ0n) is 12.8. The van der Waals surface area contributed by atoms with Crippen LogP contribution in [0.25, 0.3) is 0 Å². The van der Waals surface area contributed by atoms with Crippen molar-refractivity contribution in [3.05, 3.63) is 23.3 Å². The van der Waals surface area contributed by atoms with Gasteiger partial charge >= 0.3 is 11.9 Å². The number of carbonyl (C=O) groups excluding carboxylic acids is 3. The molecule has 0 aromatic carbocycles. The lowest BCUT2D eigenvalue weighted by Crippen LogP contribution is -2.40. The van der Waals surface area contributed by atoms with E-state index in [0.717, 1.165) is 0 Å². The SMILES string of the molecule is CCOC(=O)C1=C(C(=O)OCC)[C@H](NC(C)=O)C=C[C@@H]1C. The van der Waals surface area contributed by atoms with Crippen LogP contribution < -0.4 is 5.32 Å². The van der Waals surface area contributed by atoms with Gasteiger partial charge in [-0.1, -0.05) is 19.1 Å². The third-order valence-electron chi connectivity index (χ3n) is 3.00. The number of rotatable bonds is 5. The molecule has 0 heterocycles. The largest absolute Gasteiger partial charge is 0.463 e. The fourth-order valence-electron chi connectivity index (χ4n) is 2.17. The van der Waals surface area contributed by atoms with Crippen molar-refractivity contribution in [3.8, 4) is 0 Å². The monoisotopic (exact) mass is 295 g/mol. The summed E-state index contributed by atoms with van der Waals surface area (Å²) < 4.78 is 10.0. The molecule has 116 valence electrons. The highest BCUT2D eigenvalue weighted by Gasteiger charge is 2.34. The van der Waals surface area contributed by atoms with Gasteiger partial charge < -0.3 is 14.8 Å².